The zero-order valence-electron chi connectivity index (χ0n) is 13.6. The van der Waals surface area contributed by atoms with Crippen molar-refractivity contribution in [3.63, 3.8) is 0 Å². The maximum absolute atomic E-state index is 12.2. The van der Waals surface area contributed by atoms with Crippen molar-refractivity contribution in [1.82, 2.24) is 15.2 Å². The van der Waals surface area contributed by atoms with Crippen LogP contribution in [0.25, 0.3) is 11.1 Å². The van der Waals surface area contributed by atoms with Crippen molar-refractivity contribution in [1.29, 1.82) is 0 Å². The van der Waals surface area contributed by atoms with Gasteiger partial charge in [0.25, 0.3) is 5.91 Å². The highest BCUT2D eigenvalue weighted by Crippen LogP contribution is 2.19. The van der Waals surface area contributed by atoms with Crippen LogP contribution in [0.1, 0.15) is 22.0 Å². The maximum atomic E-state index is 12.2. The Morgan fingerprint density at radius 1 is 1.21 bits per heavy atom. The summed E-state index contributed by atoms with van der Waals surface area (Å²) in [6, 6.07) is 7.21. The third kappa shape index (κ3) is 3.34. The van der Waals surface area contributed by atoms with E-state index in [2.05, 4.69) is 10.6 Å². The highest BCUT2D eigenvalue weighted by molar-refractivity contribution is 5.99. The van der Waals surface area contributed by atoms with Gasteiger partial charge in [-0.15, -0.1) is 0 Å². The van der Waals surface area contributed by atoms with Crippen LogP contribution in [0.2, 0.25) is 0 Å². The highest BCUT2D eigenvalue weighted by Gasteiger charge is 2.15. The van der Waals surface area contributed by atoms with E-state index in [1.807, 2.05) is 19.1 Å². The quantitative estimate of drug-likeness (QED) is 0.721. The zero-order valence-corrected chi connectivity index (χ0v) is 13.6. The summed E-state index contributed by atoms with van der Waals surface area (Å²) in [6.45, 7) is 2.25. The van der Waals surface area contributed by atoms with Crippen molar-refractivity contribution in [3.05, 3.63) is 47.7 Å². The van der Waals surface area contributed by atoms with Crippen molar-refractivity contribution < 1.29 is 18.4 Å². The zero-order chi connectivity index (χ0) is 17.1. The van der Waals surface area contributed by atoms with Gasteiger partial charge in [0.1, 0.15) is 17.2 Å². The summed E-state index contributed by atoms with van der Waals surface area (Å²) >= 11 is 0. The number of hydrogen-bond donors (Lipinski definition) is 2. The van der Waals surface area contributed by atoms with Gasteiger partial charge in [-0.2, -0.15) is 0 Å². The summed E-state index contributed by atoms with van der Waals surface area (Å²) in [5.41, 5.74) is 1.92. The number of nitrogens with zero attached hydrogens (tertiary/aromatic N) is 1. The number of furan rings is 2. The van der Waals surface area contributed by atoms with Gasteiger partial charge in [0.05, 0.1) is 18.3 Å². The Morgan fingerprint density at radius 2 is 2.04 bits per heavy atom. The lowest BCUT2D eigenvalue weighted by Crippen LogP contribution is -2.38. The molecule has 0 fully saturated rings. The molecule has 0 radical (unpaired) electrons. The minimum Gasteiger partial charge on any atom is -0.466 e. The van der Waals surface area contributed by atoms with Crippen molar-refractivity contribution in [2.75, 3.05) is 13.1 Å². The summed E-state index contributed by atoms with van der Waals surface area (Å²) in [4.78, 5) is 24.0. The molecule has 2 amide bonds. The standard InChI is InChI=1S/C17H19N3O4/c1-11-3-4-12(24-11)5-7-18-16(21)10-19-17(22)14-9-15-13(20(14)2)6-8-23-15/h3-4,6,8-9H,5,7,10H2,1-2H3,(H,18,21)(H,19,22). The molecule has 0 saturated heterocycles. The first-order chi connectivity index (χ1) is 11.5. The number of carbonyl (C=O) groups excluding carboxylic acids is 2. The lowest BCUT2D eigenvalue weighted by atomic mass is 10.3. The minimum atomic E-state index is -0.319. The minimum absolute atomic E-state index is 0.0808. The van der Waals surface area contributed by atoms with Gasteiger partial charge < -0.3 is 24.0 Å². The number of aryl methyl sites for hydroxylation is 2. The van der Waals surface area contributed by atoms with E-state index in [9.17, 15) is 9.59 Å². The fourth-order valence-electron chi connectivity index (χ4n) is 2.53. The second-order valence-electron chi connectivity index (χ2n) is 5.55. The molecule has 7 nitrogen and oxygen atoms in total. The predicted molar refractivity (Wildman–Crippen MR) is 87.7 cm³/mol. The van der Waals surface area contributed by atoms with E-state index >= 15 is 0 Å². The Kier molecular flexibility index (Phi) is 4.41. The van der Waals surface area contributed by atoms with E-state index in [-0.39, 0.29) is 18.4 Å². The average Bonchev–Trinajstić information content (AvgIpc) is 3.24. The number of fused-ring (bicyclic) bond motifs is 1. The van der Waals surface area contributed by atoms with E-state index < -0.39 is 0 Å². The molecule has 3 aromatic heterocycles. The molecule has 3 heterocycles. The number of hydrogen-bond acceptors (Lipinski definition) is 4. The largest absolute Gasteiger partial charge is 0.466 e. The van der Waals surface area contributed by atoms with Crippen LogP contribution in [0.3, 0.4) is 0 Å². The van der Waals surface area contributed by atoms with Gasteiger partial charge in [-0.25, -0.2) is 0 Å². The Morgan fingerprint density at radius 3 is 2.75 bits per heavy atom. The number of rotatable bonds is 6. The van der Waals surface area contributed by atoms with E-state index in [1.54, 1.807) is 30.0 Å². The molecule has 126 valence electrons. The molecule has 0 aliphatic heterocycles. The molecule has 0 bridgehead atoms. The van der Waals surface area contributed by atoms with Gasteiger partial charge in [-0.05, 0) is 19.1 Å². The van der Waals surface area contributed by atoms with Crippen molar-refractivity contribution in [3.8, 4) is 0 Å². The molecule has 0 unspecified atom stereocenters. The topological polar surface area (TPSA) is 89.4 Å². The number of aromatic nitrogens is 1. The molecule has 3 aromatic rings. The van der Waals surface area contributed by atoms with E-state index in [0.717, 1.165) is 17.0 Å². The summed E-state index contributed by atoms with van der Waals surface area (Å²) in [5, 5.41) is 5.35. The van der Waals surface area contributed by atoms with Crippen LogP contribution in [0.15, 0.2) is 39.4 Å². The van der Waals surface area contributed by atoms with Gasteiger partial charge in [-0.3, -0.25) is 9.59 Å². The highest BCUT2D eigenvalue weighted by atomic mass is 16.3. The summed E-state index contributed by atoms with van der Waals surface area (Å²) in [6.07, 6.45) is 2.18. The van der Waals surface area contributed by atoms with Crippen LogP contribution in [0.5, 0.6) is 0 Å². The second-order valence-corrected chi connectivity index (χ2v) is 5.55. The molecule has 0 aromatic carbocycles. The maximum Gasteiger partial charge on any atom is 0.268 e. The third-order valence-electron chi connectivity index (χ3n) is 3.80. The molecule has 0 aliphatic carbocycles. The van der Waals surface area contributed by atoms with Gasteiger partial charge in [0, 0.05) is 32.1 Å². The smallest absolute Gasteiger partial charge is 0.268 e. The summed E-state index contributed by atoms with van der Waals surface area (Å²) in [5.74, 6) is 1.10. The predicted octanol–water partition coefficient (Wildman–Crippen LogP) is 1.76. The first kappa shape index (κ1) is 15.9. The van der Waals surface area contributed by atoms with Crippen LogP contribution in [-0.4, -0.2) is 29.5 Å². The van der Waals surface area contributed by atoms with Crippen LogP contribution in [0.4, 0.5) is 0 Å². The van der Waals surface area contributed by atoms with Crippen LogP contribution >= 0.6 is 0 Å². The Hall–Kier alpha value is -2.96. The molecular weight excluding hydrogens is 310 g/mol. The first-order valence-corrected chi connectivity index (χ1v) is 7.68. The molecule has 0 saturated carbocycles. The molecule has 0 aliphatic rings. The monoisotopic (exact) mass is 329 g/mol. The molecule has 3 rings (SSSR count). The molecular formula is C17H19N3O4. The van der Waals surface area contributed by atoms with Crippen molar-refractivity contribution in [2.24, 2.45) is 7.05 Å². The SMILES string of the molecule is Cc1ccc(CCNC(=O)CNC(=O)c2cc3occc3n2C)o1. The lowest BCUT2D eigenvalue weighted by Gasteiger charge is -2.07. The Balaban J connectivity index is 1.46. The molecule has 7 heteroatoms. The van der Waals surface area contributed by atoms with Gasteiger partial charge in [0.15, 0.2) is 5.58 Å². The van der Waals surface area contributed by atoms with E-state index in [0.29, 0.717) is 24.2 Å². The fourth-order valence-corrected chi connectivity index (χ4v) is 2.53. The van der Waals surface area contributed by atoms with Crippen molar-refractivity contribution in [2.45, 2.75) is 13.3 Å². The second kappa shape index (κ2) is 6.66. The lowest BCUT2D eigenvalue weighted by molar-refractivity contribution is -0.120. The fraction of sp³-hybridized carbons (Fsp3) is 0.294. The van der Waals surface area contributed by atoms with Gasteiger partial charge in [-0.1, -0.05) is 0 Å². The normalized spacial score (nSPS) is 10.9. The molecule has 2 N–H and O–H groups in total. The Bertz CT molecular complexity index is 872. The third-order valence-corrected chi connectivity index (χ3v) is 3.80. The van der Waals surface area contributed by atoms with E-state index in [1.165, 1.54) is 0 Å². The first-order valence-electron chi connectivity index (χ1n) is 7.68. The number of nitrogens with one attached hydrogen (secondary N) is 2. The number of carbonyl (C=O) groups is 2. The van der Waals surface area contributed by atoms with E-state index in [4.69, 9.17) is 8.83 Å². The van der Waals surface area contributed by atoms with Crippen LogP contribution < -0.4 is 10.6 Å². The summed E-state index contributed by atoms with van der Waals surface area (Å²) in [7, 11) is 1.78. The molecule has 0 atom stereocenters. The van der Waals surface area contributed by atoms with Gasteiger partial charge >= 0.3 is 0 Å². The Labute approximate surface area is 138 Å². The summed E-state index contributed by atoms with van der Waals surface area (Å²) < 4.78 is 12.4. The average molecular weight is 329 g/mol. The van der Waals surface area contributed by atoms with Crippen molar-refractivity contribution >= 4 is 22.9 Å². The number of amides is 2. The van der Waals surface area contributed by atoms with Gasteiger partial charge in [0.2, 0.25) is 5.91 Å². The molecule has 24 heavy (non-hydrogen) atoms. The van der Waals surface area contributed by atoms with Crippen LogP contribution in [0, 0.1) is 6.92 Å². The van der Waals surface area contributed by atoms with Crippen LogP contribution in [-0.2, 0) is 18.3 Å². The molecule has 0 spiro atoms.